The van der Waals surface area contributed by atoms with Gasteiger partial charge in [-0.05, 0) is 0 Å². The van der Waals surface area contributed by atoms with E-state index in [1.165, 1.54) is 0 Å². The van der Waals surface area contributed by atoms with E-state index in [1.54, 1.807) is 0 Å². The predicted molar refractivity (Wildman–Crippen MR) is 36.5 cm³/mol. The van der Waals surface area contributed by atoms with Gasteiger partial charge >= 0.3 is 0 Å². The molecule has 1 aliphatic carbocycles. The first kappa shape index (κ1) is 6.34. The molecule has 3 heteroatoms. The minimum atomic E-state index is -0.278. The van der Waals surface area contributed by atoms with Crippen molar-refractivity contribution in [2.45, 2.75) is 12.1 Å². The van der Waals surface area contributed by atoms with Crippen molar-refractivity contribution in [3.63, 3.8) is 0 Å². The minimum absolute atomic E-state index is 0.0683. The van der Waals surface area contributed by atoms with Crippen molar-refractivity contribution in [3.8, 4) is 0 Å². The lowest BCUT2D eigenvalue weighted by molar-refractivity contribution is -0.0323. The molecule has 3 aliphatic rings. The number of nitrogens with one attached hydrogen (secondary N) is 1. The minimum Gasteiger partial charge on any atom is -0.396 e. The molecule has 2 aliphatic heterocycles. The molecule has 2 heterocycles. The molecule has 0 aromatic carbocycles. The molecule has 0 saturated carbocycles. The highest BCUT2D eigenvalue weighted by molar-refractivity contribution is 5.30. The van der Waals surface area contributed by atoms with Gasteiger partial charge in [0.2, 0.25) is 0 Å². The Morgan fingerprint density at radius 1 is 1.20 bits per heavy atom. The van der Waals surface area contributed by atoms with Gasteiger partial charge in [-0.1, -0.05) is 12.2 Å². The van der Waals surface area contributed by atoms with Gasteiger partial charge in [-0.25, -0.2) is 0 Å². The van der Waals surface area contributed by atoms with Gasteiger partial charge in [-0.15, -0.1) is 0 Å². The van der Waals surface area contributed by atoms with Crippen molar-refractivity contribution in [1.82, 2.24) is 5.32 Å². The molecule has 1 fully saturated rings. The predicted octanol–water partition coefficient (Wildman–Crippen LogP) is -1.13. The number of aliphatic hydroxyl groups is 2. The third-order valence-electron chi connectivity index (χ3n) is 2.68. The van der Waals surface area contributed by atoms with Crippen molar-refractivity contribution in [1.29, 1.82) is 0 Å². The van der Waals surface area contributed by atoms with E-state index in [0.717, 1.165) is 0 Å². The molecule has 2 atom stereocenters. The van der Waals surface area contributed by atoms with Gasteiger partial charge < -0.3 is 15.5 Å². The standard InChI is InChI=1S/C7H11NO2/c9-3-7(4-10)5-1-2-6(7)8-5/h1-2,5-6,8-10H,3-4H2. The molecular formula is C7H11NO2. The summed E-state index contributed by atoms with van der Waals surface area (Å²) in [6.07, 6.45) is 4.02. The summed E-state index contributed by atoms with van der Waals surface area (Å²) >= 11 is 0. The van der Waals surface area contributed by atoms with E-state index < -0.39 is 0 Å². The maximum atomic E-state index is 8.98. The highest BCUT2D eigenvalue weighted by atomic mass is 16.3. The molecule has 2 unspecified atom stereocenters. The van der Waals surface area contributed by atoms with Gasteiger partial charge in [0, 0.05) is 12.1 Å². The Balaban J connectivity index is 2.18. The highest BCUT2D eigenvalue weighted by Gasteiger charge is 2.55. The molecule has 0 aromatic rings. The van der Waals surface area contributed by atoms with E-state index >= 15 is 0 Å². The van der Waals surface area contributed by atoms with E-state index in [4.69, 9.17) is 10.2 Å². The lowest BCUT2D eigenvalue weighted by Gasteiger charge is -2.48. The number of rotatable bonds is 2. The Morgan fingerprint density at radius 3 is 1.90 bits per heavy atom. The zero-order valence-electron chi connectivity index (χ0n) is 5.62. The zero-order valence-corrected chi connectivity index (χ0v) is 5.62. The van der Waals surface area contributed by atoms with Crippen molar-refractivity contribution < 1.29 is 10.2 Å². The molecule has 0 aromatic heterocycles. The van der Waals surface area contributed by atoms with Gasteiger partial charge in [0.05, 0.1) is 18.6 Å². The fraction of sp³-hybridized carbons (Fsp3) is 0.714. The second-order valence-electron chi connectivity index (χ2n) is 3.06. The summed E-state index contributed by atoms with van der Waals surface area (Å²) in [5, 5.41) is 21.1. The van der Waals surface area contributed by atoms with Crippen LogP contribution in [0.15, 0.2) is 12.2 Å². The van der Waals surface area contributed by atoms with Gasteiger partial charge in [0.15, 0.2) is 0 Å². The van der Waals surface area contributed by atoms with Gasteiger partial charge in [0.1, 0.15) is 0 Å². The summed E-state index contributed by atoms with van der Waals surface area (Å²) in [7, 11) is 0. The van der Waals surface area contributed by atoms with Crippen LogP contribution in [0.1, 0.15) is 0 Å². The largest absolute Gasteiger partial charge is 0.396 e. The first-order valence-corrected chi connectivity index (χ1v) is 3.49. The molecule has 2 bridgehead atoms. The van der Waals surface area contributed by atoms with Gasteiger partial charge in [-0.2, -0.15) is 0 Å². The third kappa shape index (κ3) is 0.471. The topological polar surface area (TPSA) is 52.5 Å². The van der Waals surface area contributed by atoms with Crippen LogP contribution in [0.3, 0.4) is 0 Å². The first-order chi connectivity index (χ1) is 4.83. The van der Waals surface area contributed by atoms with Crippen LogP contribution in [0.4, 0.5) is 0 Å². The van der Waals surface area contributed by atoms with Crippen LogP contribution in [-0.2, 0) is 0 Å². The SMILES string of the molecule is OCC1(CO)C2C=CC1N2. The summed E-state index contributed by atoms with van der Waals surface area (Å²) in [4.78, 5) is 0. The normalized spacial score (nSPS) is 39.8. The lowest BCUT2D eigenvalue weighted by Crippen LogP contribution is -2.68. The highest BCUT2D eigenvalue weighted by Crippen LogP contribution is 2.41. The Hall–Kier alpha value is -0.380. The maximum absolute atomic E-state index is 8.98. The number of hydrogen-bond acceptors (Lipinski definition) is 3. The van der Waals surface area contributed by atoms with Crippen LogP contribution in [0.2, 0.25) is 0 Å². The number of hydrogen-bond donors (Lipinski definition) is 3. The van der Waals surface area contributed by atoms with Crippen LogP contribution < -0.4 is 5.32 Å². The van der Waals surface area contributed by atoms with Crippen LogP contribution in [0.5, 0.6) is 0 Å². The second kappa shape index (κ2) is 1.81. The quantitative estimate of drug-likeness (QED) is 0.426. The lowest BCUT2D eigenvalue weighted by atomic mass is 9.73. The second-order valence-corrected chi connectivity index (χ2v) is 3.06. The smallest absolute Gasteiger partial charge is 0.0545 e. The van der Waals surface area contributed by atoms with Crippen molar-refractivity contribution >= 4 is 0 Å². The average molecular weight is 141 g/mol. The fourth-order valence-corrected chi connectivity index (χ4v) is 1.78. The Labute approximate surface area is 59.4 Å². The van der Waals surface area contributed by atoms with Gasteiger partial charge in [0.25, 0.3) is 0 Å². The first-order valence-electron chi connectivity index (χ1n) is 3.49. The maximum Gasteiger partial charge on any atom is 0.0545 e. The van der Waals surface area contributed by atoms with Crippen molar-refractivity contribution in [2.24, 2.45) is 5.41 Å². The summed E-state index contributed by atoms with van der Waals surface area (Å²) < 4.78 is 0. The third-order valence-corrected chi connectivity index (χ3v) is 2.68. The Morgan fingerprint density at radius 2 is 1.70 bits per heavy atom. The summed E-state index contributed by atoms with van der Waals surface area (Å²) in [6, 6.07) is 0.403. The Kier molecular flexibility index (Phi) is 1.15. The fourth-order valence-electron chi connectivity index (χ4n) is 1.78. The van der Waals surface area contributed by atoms with E-state index in [0.29, 0.717) is 0 Å². The molecule has 1 saturated heterocycles. The number of aliphatic hydroxyl groups excluding tert-OH is 2. The molecule has 3 nitrogen and oxygen atoms in total. The van der Waals surface area contributed by atoms with E-state index in [2.05, 4.69) is 5.32 Å². The van der Waals surface area contributed by atoms with Gasteiger partial charge in [-0.3, -0.25) is 0 Å². The van der Waals surface area contributed by atoms with Crippen molar-refractivity contribution in [2.75, 3.05) is 13.2 Å². The monoisotopic (exact) mass is 141 g/mol. The average Bonchev–Trinajstić information content (AvgIpc) is 2.48. The molecule has 0 amide bonds. The van der Waals surface area contributed by atoms with Crippen LogP contribution >= 0.6 is 0 Å². The summed E-state index contributed by atoms with van der Waals surface area (Å²) in [5.74, 6) is 0. The van der Waals surface area contributed by atoms with Crippen LogP contribution in [0, 0.1) is 5.41 Å². The zero-order chi connectivity index (χ0) is 7.19. The van der Waals surface area contributed by atoms with Crippen molar-refractivity contribution in [3.05, 3.63) is 12.2 Å². The van der Waals surface area contributed by atoms with Crippen LogP contribution in [0.25, 0.3) is 0 Å². The summed E-state index contributed by atoms with van der Waals surface area (Å²) in [6.45, 7) is 0.137. The summed E-state index contributed by atoms with van der Waals surface area (Å²) in [5.41, 5.74) is -0.278. The van der Waals surface area contributed by atoms with E-state index in [9.17, 15) is 0 Å². The molecular weight excluding hydrogens is 130 g/mol. The molecule has 56 valence electrons. The molecule has 3 N–H and O–H groups in total. The molecule has 3 rings (SSSR count). The molecule has 0 spiro atoms. The van der Waals surface area contributed by atoms with E-state index in [-0.39, 0.29) is 30.7 Å². The molecule has 0 radical (unpaired) electrons. The Bertz CT molecular complexity index is 160. The van der Waals surface area contributed by atoms with E-state index in [1.807, 2.05) is 12.2 Å². The van der Waals surface area contributed by atoms with Crippen LogP contribution in [-0.4, -0.2) is 35.5 Å². The molecule has 10 heavy (non-hydrogen) atoms.